The molecule has 0 aliphatic carbocycles. The molecule has 0 aromatic rings. The van der Waals surface area contributed by atoms with Crippen molar-refractivity contribution < 1.29 is 4.79 Å². The third-order valence-electron chi connectivity index (χ3n) is 1.50. The van der Waals surface area contributed by atoms with Gasteiger partial charge < -0.3 is 0 Å². The number of hydrogen-bond donors (Lipinski definition) is 0. The maximum Gasteiger partial charge on any atom is 0.228 e. The average Bonchev–Trinajstić information content (AvgIpc) is 1.65. The van der Waals surface area contributed by atoms with Crippen LogP contribution < -0.4 is 0 Å². The summed E-state index contributed by atoms with van der Waals surface area (Å²) in [6, 6.07) is 0. The van der Waals surface area contributed by atoms with Crippen LogP contribution in [0.4, 0.5) is 0 Å². The van der Waals surface area contributed by atoms with Crippen LogP contribution in [0.3, 0.4) is 0 Å². The number of halogens is 2. The van der Waals surface area contributed by atoms with Gasteiger partial charge >= 0.3 is 0 Å². The molecule has 0 aromatic carbocycles. The largest absolute Gasteiger partial charge is 0.281 e. The summed E-state index contributed by atoms with van der Waals surface area (Å²) >= 11 is 10.9. The lowest BCUT2D eigenvalue weighted by Gasteiger charge is -2.21. The zero-order valence-corrected chi connectivity index (χ0v) is 7.25. The van der Waals surface area contributed by atoms with E-state index < -0.39 is 5.41 Å². The van der Waals surface area contributed by atoms with Crippen molar-refractivity contribution in [2.24, 2.45) is 5.41 Å². The van der Waals surface area contributed by atoms with Gasteiger partial charge in [-0.2, -0.15) is 0 Å². The smallest absolute Gasteiger partial charge is 0.228 e. The van der Waals surface area contributed by atoms with Crippen molar-refractivity contribution in [1.82, 2.24) is 0 Å². The molecule has 0 saturated heterocycles. The van der Waals surface area contributed by atoms with Gasteiger partial charge in [0, 0.05) is 5.38 Å². The van der Waals surface area contributed by atoms with E-state index in [4.69, 9.17) is 23.2 Å². The maximum atomic E-state index is 10.6. The van der Waals surface area contributed by atoms with Gasteiger partial charge in [-0.1, -0.05) is 13.8 Å². The van der Waals surface area contributed by atoms with Crippen molar-refractivity contribution in [2.75, 3.05) is 0 Å². The highest BCUT2D eigenvalue weighted by Gasteiger charge is 2.30. The normalized spacial score (nSPS) is 15.2. The second kappa shape index (κ2) is 2.89. The third kappa shape index (κ3) is 2.15. The van der Waals surface area contributed by atoms with Crippen LogP contribution >= 0.6 is 23.2 Å². The molecule has 1 unspecified atom stereocenters. The molecule has 0 radical (unpaired) electrons. The molecule has 0 saturated carbocycles. The quantitative estimate of drug-likeness (QED) is 0.458. The van der Waals surface area contributed by atoms with E-state index in [1.165, 1.54) is 0 Å². The van der Waals surface area contributed by atoms with E-state index in [1.54, 1.807) is 20.8 Å². The Labute approximate surface area is 65.3 Å². The number of carbonyl (C=O) groups excluding carboxylic acids is 1. The summed E-state index contributed by atoms with van der Waals surface area (Å²) in [7, 11) is 0. The monoisotopic (exact) mass is 168 g/mol. The highest BCUT2D eigenvalue weighted by Crippen LogP contribution is 2.27. The molecule has 54 valence electrons. The van der Waals surface area contributed by atoms with Crippen molar-refractivity contribution >= 4 is 28.4 Å². The lowest BCUT2D eigenvalue weighted by atomic mass is 9.92. The van der Waals surface area contributed by atoms with E-state index in [9.17, 15) is 4.79 Å². The summed E-state index contributed by atoms with van der Waals surface area (Å²) in [5, 5.41) is -0.604. The third-order valence-corrected chi connectivity index (χ3v) is 2.53. The van der Waals surface area contributed by atoms with Gasteiger partial charge in [-0.3, -0.25) is 4.79 Å². The minimum Gasteiger partial charge on any atom is -0.281 e. The number of alkyl halides is 1. The van der Waals surface area contributed by atoms with E-state index in [-0.39, 0.29) is 10.6 Å². The molecule has 0 fully saturated rings. The van der Waals surface area contributed by atoms with Gasteiger partial charge in [0.25, 0.3) is 0 Å². The molecule has 9 heavy (non-hydrogen) atoms. The van der Waals surface area contributed by atoms with Crippen molar-refractivity contribution in [3.8, 4) is 0 Å². The molecular weight excluding hydrogens is 159 g/mol. The maximum absolute atomic E-state index is 10.6. The topological polar surface area (TPSA) is 17.1 Å². The molecule has 3 heteroatoms. The van der Waals surface area contributed by atoms with Crippen molar-refractivity contribution in [3.05, 3.63) is 0 Å². The Bertz CT molecular complexity index is 118. The van der Waals surface area contributed by atoms with Crippen LogP contribution in [0.15, 0.2) is 0 Å². The summed E-state index contributed by atoms with van der Waals surface area (Å²) in [5.74, 6) is 0. The van der Waals surface area contributed by atoms with Gasteiger partial charge in [-0.15, -0.1) is 11.6 Å². The molecule has 1 atom stereocenters. The standard InChI is InChI=1S/C6H10Cl2O/c1-4(7)6(2,3)5(8)9/h4H,1-3H3. The summed E-state index contributed by atoms with van der Waals surface area (Å²) in [6.07, 6.45) is 0. The Kier molecular flexibility index (Phi) is 2.97. The first-order valence-electron chi connectivity index (χ1n) is 2.73. The molecule has 0 amide bonds. The van der Waals surface area contributed by atoms with Crippen molar-refractivity contribution in [3.63, 3.8) is 0 Å². The summed E-state index contributed by atoms with van der Waals surface area (Å²) in [5.41, 5.74) is -0.608. The number of rotatable bonds is 2. The molecule has 0 bridgehead atoms. The Hall–Kier alpha value is 0.250. The Morgan fingerprint density at radius 3 is 1.89 bits per heavy atom. The van der Waals surface area contributed by atoms with Crippen LogP contribution in [0.5, 0.6) is 0 Å². The van der Waals surface area contributed by atoms with E-state index in [0.717, 1.165) is 0 Å². The molecule has 0 N–H and O–H groups in total. The SMILES string of the molecule is CC(Cl)C(C)(C)C(=O)Cl. The van der Waals surface area contributed by atoms with E-state index in [0.29, 0.717) is 0 Å². The molecule has 0 aromatic heterocycles. The fraction of sp³-hybridized carbons (Fsp3) is 0.833. The summed E-state index contributed by atoms with van der Waals surface area (Å²) in [4.78, 5) is 10.6. The van der Waals surface area contributed by atoms with Crippen molar-refractivity contribution in [2.45, 2.75) is 26.1 Å². The van der Waals surface area contributed by atoms with E-state index in [2.05, 4.69) is 0 Å². The minimum absolute atomic E-state index is 0.220. The van der Waals surface area contributed by atoms with Gasteiger partial charge in [0.1, 0.15) is 0 Å². The van der Waals surface area contributed by atoms with E-state index in [1.807, 2.05) is 0 Å². The second-order valence-corrected chi connectivity index (χ2v) is 3.61. The Morgan fingerprint density at radius 2 is 1.89 bits per heavy atom. The van der Waals surface area contributed by atoms with Crippen LogP contribution in [0.25, 0.3) is 0 Å². The van der Waals surface area contributed by atoms with Crippen LogP contribution in [0.2, 0.25) is 0 Å². The summed E-state index contributed by atoms with van der Waals surface area (Å²) < 4.78 is 0. The van der Waals surface area contributed by atoms with Gasteiger partial charge in [0.2, 0.25) is 5.24 Å². The molecule has 0 heterocycles. The zero-order valence-electron chi connectivity index (χ0n) is 5.74. The predicted octanol–water partition coefficient (Wildman–Crippen LogP) is 2.41. The second-order valence-electron chi connectivity index (χ2n) is 2.61. The van der Waals surface area contributed by atoms with Gasteiger partial charge in [-0.05, 0) is 18.5 Å². The van der Waals surface area contributed by atoms with Crippen LogP contribution in [0.1, 0.15) is 20.8 Å². The van der Waals surface area contributed by atoms with Crippen LogP contribution in [-0.4, -0.2) is 10.6 Å². The van der Waals surface area contributed by atoms with Gasteiger partial charge in [0.15, 0.2) is 0 Å². The summed E-state index contributed by atoms with van der Waals surface area (Å²) in [6.45, 7) is 5.20. The van der Waals surface area contributed by atoms with E-state index >= 15 is 0 Å². The average molecular weight is 169 g/mol. The zero-order chi connectivity index (χ0) is 7.65. The minimum atomic E-state index is -0.608. The first-order chi connectivity index (χ1) is 3.89. The number of carbonyl (C=O) groups is 1. The Morgan fingerprint density at radius 1 is 1.56 bits per heavy atom. The molecule has 0 spiro atoms. The highest BCUT2D eigenvalue weighted by atomic mass is 35.5. The molecule has 1 nitrogen and oxygen atoms in total. The van der Waals surface area contributed by atoms with Crippen molar-refractivity contribution in [1.29, 1.82) is 0 Å². The molecule has 0 aliphatic rings. The van der Waals surface area contributed by atoms with Crippen LogP contribution in [-0.2, 0) is 4.79 Å². The Balaban J connectivity index is 4.19. The fourth-order valence-corrected chi connectivity index (χ4v) is 0.475. The first-order valence-corrected chi connectivity index (χ1v) is 3.54. The molecule has 0 aliphatic heterocycles. The van der Waals surface area contributed by atoms with Crippen LogP contribution in [0, 0.1) is 5.41 Å². The lowest BCUT2D eigenvalue weighted by Crippen LogP contribution is -2.28. The molecule has 0 rings (SSSR count). The number of hydrogen-bond acceptors (Lipinski definition) is 1. The predicted molar refractivity (Wildman–Crippen MR) is 40.0 cm³/mol. The first kappa shape index (κ1) is 9.25. The fourth-order valence-electron chi connectivity index (χ4n) is 0.156. The highest BCUT2D eigenvalue weighted by molar-refractivity contribution is 6.65. The van der Waals surface area contributed by atoms with Gasteiger partial charge in [0.05, 0.1) is 5.41 Å². The lowest BCUT2D eigenvalue weighted by molar-refractivity contribution is -0.118. The van der Waals surface area contributed by atoms with Gasteiger partial charge in [-0.25, -0.2) is 0 Å². The molecular formula is C6H10Cl2O.